The van der Waals surface area contributed by atoms with Crippen LogP contribution >= 0.6 is 0 Å². The molecule has 0 amide bonds. The molecule has 1 heterocycles. The van der Waals surface area contributed by atoms with Crippen LogP contribution < -0.4 is 5.32 Å². The fourth-order valence-electron chi connectivity index (χ4n) is 2.71. The van der Waals surface area contributed by atoms with Crippen LogP contribution in [-0.2, 0) is 0 Å². The maximum Gasteiger partial charge on any atom is 0.00790 e. The van der Waals surface area contributed by atoms with Crippen LogP contribution in [0.1, 0.15) is 52.4 Å². The fourth-order valence-corrected chi connectivity index (χ4v) is 2.71. The van der Waals surface area contributed by atoms with Crippen LogP contribution in [0, 0.1) is 5.92 Å². The molecular weight excluding hydrogens is 196 g/mol. The van der Waals surface area contributed by atoms with Crippen LogP contribution in [0.5, 0.6) is 0 Å². The van der Waals surface area contributed by atoms with Gasteiger partial charge in [0.05, 0.1) is 0 Å². The lowest BCUT2D eigenvalue weighted by molar-refractivity contribution is 0.208. The Morgan fingerprint density at radius 1 is 1.12 bits per heavy atom. The molecule has 2 nitrogen and oxygen atoms in total. The molecule has 0 radical (unpaired) electrons. The molecule has 2 unspecified atom stereocenters. The van der Waals surface area contributed by atoms with Crippen molar-refractivity contribution >= 4 is 0 Å². The maximum atomic E-state index is 3.74. The second-order valence-corrected chi connectivity index (χ2v) is 5.82. The molecule has 0 spiro atoms. The van der Waals surface area contributed by atoms with Crippen molar-refractivity contribution in [3.05, 3.63) is 0 Å². The van der Waals surface area contributed by atoms with Crippen LogP contribution in [0.25, 0.3) is 0 Å². The first-order chi connectivity index (χ1) is 7.78. The average Bonchev–Trinajstić information content (AvgIpc) is 3.06. The Morgan fingerprint density at radius 2 is 1.88 bits per heavy atom. The highest BCUT2D eigenvalue weighted by molar-refractivity contribution is 4.79. The Balaban J connectivity index is 1.74. The van der Waals surface area contributed by atoms with Gasteiger partial charge < -0.3 is 10.2 Å². The Morgan fingerprint density at radius 3 is 2.56 bits per heavy atom. The number of nitrogens with zero attached hydrogens (tertiary/aromatic N) is 1. The molecule has 2 atom stereocenters. The smallest absolute Gasteiger partial charge is 0.00790 e. The minimum Gasteiger partial charge on any atom is -0.311 e. The second kappa shape index (κ2) is 6.02. The molecule has 0 aromatic carbocycles. The van der Waals surface area contributed by atoms with Crippen LogP contribution in [0.4, 0.5) is 0 Å². The highest BCUT2D eigenvalue weighted by Crippen LogP contribution is 2.32. The van der Waals surface area contributed by atoms with Gasteiger partial charge in [-0.15, -0.1) is 0 Å². The number of hydrogen-bond acceptors (Lipinski definition) is 2. The Bertz CT molecular complexity index is 199. The van der Waals surface area contributed by atoms with E-state index in [0.29, 0.717) is 6.04 Å². The van der Waals surface area contributed by atoms with Gasteiger partial charge in [-0.3, -0.25) is 0 Å². The van der Waals surface area contributed by atoms with Gasteiger partial charge in [0.15, 0.2) is 0 Å². The normalized spacial score (nSPS) is 33.4. The highest BCUT2D eigenvalue weighted by Gasteiger charge is 2.23. The lowest BCUT2D eigenvalue weighted by Crippen LogP contribution is -2.44. The summed E-state index contributed by atoms with van der Waals surface area (Å²) in [5, 5.41) is 3.74. The van der Waals surface area contributed by atoms with Gasteiger partial charge in [-0.1, -0.05) is 19.8 Å². The summed E-state index contributed by atoms with van der Waals surface area (Å²) in [6.45, 7) is 8.61. The molecule has 0 aromatic rings. The van der Waals surface area contributed by atoms with Crippen LogP contribution in [0.15, 0.2) is 0 Å². The van der Waals surface area contributed by atoms with Crippen molar-refractivity contribution < 1.29 is 0 Å². The quantitative estimate of drug-likeness (QED) is 0.790. The van der Waals surface area contributed by atoms with Gasteiger partial charge in [0, 0.05) is 12.1 Å². The summed E-state index contributed by atoms with van der Waals surface area (Å²) in [4.78, 5) is 2.71. The summed E-state index contributed by atoms with van der Waals surface area (Å²) in [5.41, 5.74) is 0. The summed E-state index contributed by atoms with van der Waals surface area (Å²) in [7, 11) is 0. The Hall–Kier alpha value is -0.0800. The molecule has 2 rings (SSSR count). The molecule has 0 aromatic heterocycles. The van der Waals surface area contributed by atoms with Gasteiger partial charge in [-0.2, -0.15) is 0 Å². The van der Waals surface area contributed by atoms with E-state index in [-0.39, 0.29) is 0 Å². The Labute approximate surface area is 101 Å². The molecule has 1 saturated heterocycles. The van der Waals surface area contributed by atoms with Crippen LogP contribution in [-0.4, -0.2) is 36.6 Å². The maximum absolute atomic E-state index is 3.74. The largest absolute Gasteiger partial charge is 0.311 e. The summed E-state index contributed by atoms with van der Waals surface area (Å²) < 4.78 is 0. The molecular formula is C14H28N2. The third kappa shape index (κ3) is 4.06. The molecule has 94 valence electrons. The van der Waals surface area contributed by atoms with E-state index in [9.17, 15) is 0 Å². The molecule has 1 aliphatic carbocycles. The predicted molar refractivity (Wildman–Crippen MR) is 69.7 cm³/mol. The van der Waals surface area contributed by atoms with Crippen molar-refractivity contribution in [2.75, 3.05) is 19.6 Å². The third-order valence-corrected chi connectivity index (χ3v) is 4.24. The number of rotatable bonds is 4. The van der Waals surface area contributed by atoms with E-state index in [1.165, 1.54) is 58.2 Å². The van der Waals surface area contributed by atoms with Crippen molar-refractivity contribution in [2.24, 2.45) is 5.92 Å². The molecule has 0 bridgehead atoms. The summed E-state index contributed by atoms with van der Waals surface area (Å²) >= 11 is 0. The van der Waals surface area contributed by atoms with E-state index in [2.05, 4.69) is 24.1 Å². The summed E-state index contributed by atoms with van der Waals surface area (Å²) in [5.74, 6) is 1.09. The predicted octanol–water partition coefficient (Wildman–Crippen LogP) is 2.64. The van der Waals surface area contributed by atoms with E-state index in [4.69, 9.17) is 0 Å². The lowest BCUT2D eigenvalue weighted by atomic mass is 10.1. The van der Waals surface area contributed by atoms with E-state index >= 15 is 0 Å². The Kier molecular flexibility index (Phi) is 4.66. The minimum atomic E-state index is 0.702. The van der Waals surface area contributed by atoms with E-state index < -0.39 is 0 Å². The van der Waals surface area contributed by atoms with Crippen molar-refractivity contribution in [1.29, 1.82) is 0 Å². The van der Waals surface area contributed by atoms with Gasteiger partial charge in [0.2, 0.25) is 0 Å². The van der Waals surface area contributed by atoms with Gasteiger partial charge >= 0.3 is 0 Å². The summed E-state index contributed by atoms with van der Waals surface area (Å²) in [6.07, 6.45) is 8.40. The molecule has 2 fully saturated rings. The SMILES string of the molecule is CCC1CCN(CCC2CC2)CCC(C)N1. The molecule has 1 saturated carbocycles. The first kappa shape index (κ1) is 12.4. The lowest BCUT2D eigenvalue weighted by Gasteiger charge is -2.32. The molecule has 1 N–H and O–H groups in total. The highest BCUT2D eigenvalue weighted by atomic mass is 15.1. The van der Waals surface area contributed by atoms with Crippen LogP contribution in [0.3, 0.4) is 0 Å². The van der Waals surface area contributed by atoms with E-state index in [0.717, 1.165) is 12.0 Å². The zero-order valence-electron chi connectivity index (χ0n) is 11.0. The van der Waals surface area contributed by atoms with E-state index in [1.54, 1.807) is 0 Å². The van der Waals surface area contributed by atoms with Gasteiger partial charge in [0.25, 0.3) is 0 Å². The zero-order chi connectivity index (χ0) is 11.4. The van der Waals surface area contributed by atoms with Crippen LogP contribution in [0.2, 0.25) is 0 Å². The molecule has 2 heteroatoms. The monoisotopic (exact) mass is 224 g/mol. The first-order valence-electron chi connectivity index (χ1n) is 7.26. The average molecular weight is 224 g/mol. The second-order valence-electron chi connectivity index (χ2n) is 5.82. The molecule has 16 heavy (non-hydrogen) atoms. The molecule has 1 aliphatic heterocycles. The van der Waals surface area contributed by atoms with Gasteiger partial charge in [-0.05, 0) is 58.2 Å². The number of hydrogen-bond donors (Lipinski definition) is 1. The zero-order valence-corrected chi connectivity index (χ0v) is 11.0. The fraction of sp³-hybridized carbons (Fsp3) is 1.00. The molecule has 2 aliphatic rings. The van der Waals surface area contributed by atoms with E-state index in [1.807, 2.05) is 0 Å². The standard InChI is InChI=1S/C14H28N2/c1-3-14-8-11-16(9-6-12(2)15-14)10-7-13-4-5-13/h12-15H,3-11H2,1-2H3. The van der Waals surface area contributed by atoms with Gasteiger partial charge in [0.1, 0.15) is 0 Å². The summed E-state index contributed by atoms with van der Waals surface area (Å²) in [6, 6.07) is 1.45. The van der Waals surface area contributed by atoms with Crippen molar-refractivity contribution in [2.45, 2.75) is 64.5 Å². The first-order valence-corrected chi connectivity index (χ1v) is 7.26. The van der Waals surface area contributed by atoms with Gasteiger partial charge in [-0.25, -0.2) is 0 Å². The van der Waals surface area contributed by atoms with Crippen molar-refractivity contribution in [3.8, 4) is 0 Å². The minimum absolute atomic E-state index is 0.702. The topological polar surface area (TPSA) is 15.3 Å². The third-order valence-electron chi connectivity index (χ3n) is 4.24. The van der Waals surface area contributed by atoms with Crippen molar-refractivity contribution in [3.63, 3.8) is 0 Å². The van der Waals surface area contributed by atoms with Crippen molar-refractivity contribution in [1.82, 2.24) is 10.2 Å². The number of nitrogens with one attached hydrogen (secondary N) is 1.